The molecule has 0 atom stereocenters. The van der Waals surface area contributed by atoms with Crippen LogP contribution in [0.5, 0.6) is 11.5 Å². The summed E-state index contributed by atoms with van der Waals surface area (Å²) in [5.74, 6) is 1.18. The highest BCUT2D eigenvalue weighted by atomic mass is 31.2. The molecule has 0 saturated carbocycles. The zero-order valence-corrected chi connectivity index (χ0v) is 21.1. The lowest BCUT2D eigenvalue weighted by molar-refractivity contribution is 0.400. The third-order valence-corrected chi connectivity index (χ3v) is 7.97. The molecule has 0 bridgehead atoms. The molecule has 1 heterocycles. The van der Waals surface area contributed by atoms with Crippen LogP contribution in [0.2, 0.25) is 0 Å². The van der Waals surface area contributed by atoms with E-state index in [1.165, 1.54) is 0 Å². The van der Waals surface area contributed by atoms with Gasteiger partial charge >= 0.3 is 7.60 Å². The smallest absolute Gasteiger partial charge is 0.415 e. The van der Waals surface area contributed by atoms with Crippen molar-refractivity contribution in [2.24, 2.45) is 0 Å². The molecule has 4 heteroatoms. The van der Waals surface area contributed by atoms with Crippen molar-refractivity contribution in [2.75, 3.05) is 6.66 Å². The Bertz CT molecular complexity index is 1730. The van der Waals surface area contributed by atoms with Crippen LogP contribution in [0, 0.1) is 0 Å². The molecule has 0 radical (unpaired) electrons. The van der Waals surface area contributed by atoms with Gasteiger partial charge in [0.1, 0.15) is 11.5 Å². The lowest BCUT2D eigenvalue weighted by Crippen LogP contribution is -1.99. The molecule has 0 aliphatic carbocycles. The van der Waals surface area contributed by atoms with E-state index in [1.54, 1.807) is 6.66 Å². The molecule has 0 saturated heterocycles. The summed E-state index contributed by atoms with van der Waals surface area (Å²) in [5.41, 5.74) is 5.58. The fourth-order valence-electron chi connectivity index (χ4n) is 5.36. The van der Waals surface area contributed by atoms with Gasteiger partial charge in [-0.2, -0.15) is 0 Å². The average Bonchev–Trinajstić information content (AvgIpc) is 3.06. The van der Waals surface area contributed by atoms with Crippen LogP contribution in [0.4, 0.5) is 0 Å². The Kier molecular flexibility index (Phi) is 4.96. The van der Waals surface area contributed by atoms with Crippen molar-refractivity contribution < 1.29 is 13.6 Å². The molecule has 6 aromatic carbocycles. The molecule has 3 nitrogen and oxygen atoms in total. The highest BCUT2D eigenvalue weighted by Gasteiger charge is 2.35. The lowest BCUT2D eigenvalue weighted by Gasteiger charge is -2.18. The molecule has 0 aromatic heterocycles. The monoisotopic (exact) mass is 498 g/mol. The molecule has 7 rings (SSSR count). The topological polar surface area (TPSA) is 35.5 Å². The van der Waals surface area contributed by atoms with Crippen molar-refractivity contribution >= 4 is 29.1 Å². The van der Waals surface area contributed by atoms with Gasteiger partial charge in [-0.1, -0.05) is 109 Å². The van der Waals surface area contributed by atoms with Gasteiger partial charge in [-0.05, 0) is 44.8 Å². The molecule has 0 unspecified atom stereocenters. The normalized spacial score (nSPS) is 13.8. The first kappa shape index (κ1) is 21.9. The second-order valence-electron chi connectivity index (χ2n) is 9.38. The molecule has 0 N–H and O–H groups in total. The molecule has 0 spiro atoms. The molecule has 37 heavy (non-hydrogen) atoms. The first-order chi connectivity index (χ1) is 18.1. The van der Waals surface area contributed by atoms with Crippen molar-refractivity contribution in [1.29, 1.82) is 0 Å². The second-order valence-corrected chi connectivity index (χ2v) is 11.3. The number of rotatable bonds is 2. The van der Waals surface area contributed by atoms with Gasteiger partial charge < -0.3 is 9.05 Å². The predicted octanol–water partition coefficient (Wildman–Crippen LogP) is 9.59. The molecule has 0 amide bonds. The number of hydrogen-bond acceptors (Lipinski definition) is 3. The summed E-state index contributed by atoms with van der Waals surface area (Å²) in [6.07, 6.45) is 0. The first-order valence-electron chi connectivity index (χ1n) is 12.3. The standard InChI is InChI=1S/C33H23O3P/c1-37(34)35-32-28(22-12-4-2-5-13-22)20-24-16-8-10-18-26(24)30(32)31-27-19-11-9-17-25(27)21-29(33(31)36-37)23-14-6-3-7-15-23/h2-21H,1H3. The highest BCUT2D eigenvalue weighted by molar-refractivity contribution is 7.53. The summed E-state index contributed by atoms with van der Waals surface area (Å²) in [7, 11) is -3.55. The van der Waals surface area contributed by atoms with Crippen LogP contribution >= 0.6 is 7.60 Å². The maximum atomic E-state index is 14.0. The van der Waals surface area contributed by atoms with Crippen molar-refractivity contribution in [1.82, 2.24) is 0 Å². The molecule has 178 valence electrons. The molecule has 6 aromatic rings. The van der Waals surface area contributed by atoms with Crippen molar-refractivity contribution in [2.45, 2.75) is 0 Å². The number of benzene rings is 6. The van der Waals surface area contributed by atoms with Crippen LogP contribution in [0.25, 0.3) is 54.9 Å². The van der Waals surface area contributed by atoms with Gasteiger partial charge in [0.2, 0.25) is 0 Å². The number of fused-ring (bicyclic) bond motifs is 7. The summed E-state index contributed by atoms with van der Waals surface area (Å²) >= 11 is 0. The van der Waals surface area contributed by atoms with E-state index in [0.29, 0.717) is 11.5 Å². The van der Waals surface area contributed by atoms with E-state index in [0.717, 1.165) is 54.9 Å². The van der Waals surface area contributed by atoms with E-state index < -0.39 is 7.60 Å². The van der Waals surface area contributed by atoms with Gasteiger partial charge in [-0.3, -0.25) is 0 Å². The Morgan fingerprint density at radius 2 is 0.892 bits per heavy atom. The van der Waals surface area contributed by atoms with E-state index >= 15 is 0 Å². The van der Waals surface area contributed by atoms with Gasteiger partial charge in [-0.15, -0.1) is 0 Å². The number of hydrogen-bond donors (Lipinski definition) is 0. The average molecular weight is 499 g/mol. The van der Waals surface area contributed by atoms with E-state index in [-0.39, 0.29) is 0 Å². The summed E-state index contributed by atoms with van der Waals surface area (Å²) in [5, 5.41) is 4.21. The van der Waals surface area contributed by atoms with Crippen molar-refractivity contribution in [3.05, 3.63) is 121 Å². The van der Waals surface area contributed by atoms with Gasteiger partial charge in [0.15, 0.2) is 0 Å². The van der Waals surface area contributed by atoms with Crippen molar-refractivity contribution in [3.63, 3.8) is 0 Å². The van der Waals surface area contributed by atoms with Gasteiger partial charge in [0.05, 0.1) is 6.66 Å². The molecule has 1 aliphatic heterocycles. The zero-order valence-electron chi connectivity index (χ0n) is 20.2. The summed E-state index contributed by atoms with van der Waals surface area (Å²) in [4.78, 5) is 0. The molecule has 0 fully saturated rings. The van der Waals surface area contributed by atoms with E-state index in [1.807, 2.05) is 60.7 Å². The van der Waals surface area contributed by atoms with Crippen LogP contribution < -0.4 is 9.05 Å². The Morgan fingerprint density at radius 1 is 0.514 bits per heavy atom. The van der Waals surface area contributed by atoms with Gasteiger partial charge in [0.25, 0.3) is 0 Å². The Balaban J connectivity index is 1.72. The van der Waals surface area contributed by atoms with Crippen LogP contribution in [-0.2, 0) is 4.57 Å². The quantitative estimate of drug-likeness (QED) is 0.223. The van der Waals surface area contributed by atoms with Crippen LogP contribution in [0.1, 0.15) is 0 Å². The van der Waals surface area contributed by atoms with E-state index in [9.17, 15) is 4.57 Å². The fraction of sp³-hybridized carbons (Fsp3) is 0.0303. The van der Waals surface area contributed by atoms with E-state index in [4.69, 9.17) is 9.05 Å². The summed E-state index contributed by atoms with van der Waals surface area (Å²) < 4.78 is 26.8. The maximum Gasteiger partial charge on any atom is 0.427 e. The minimum Gasteiger partial charge on any atom is -0.415 e. The summed E-state index contributed by atoms with van der Waals surface area (Å²) in [6.45, 7) is 1.56. The van der Waals surface area contributed by atoms with Crippen molar-refractivity contribution in [3.8, 4) is 44.9 Å². The zero-order chi connectivity index (χ0) is 25.0. The van der Waals surface area contributed by atoms with Crippen LogP contribution in [0.15, 0.2) is 121 Å². The SMILES string of the molecule is CP1(=O)Oc2c(-c3ccccc3)cc3ccccc3c2-c2c(c(-c3ccccc3)cc3ccccc23)O1. The van der Waals surface area contributed by atoms with Crippen LogP contribution in [-0.4, -0.2) is 6.66 Å². The maximum absolute atomic E-state index is 14.0. The predicted molar refractivity (Wildman–Crippen MR) is 153 cm³/mol. The Labute approximate surface area is 215 Å². The molecular formula is C33H23O3P. The fourth-order valence-corrected chi connectivity index (χ4v) is 6.44. The van der Waals surface area contributed by atoms with Gasteiger partial charge in [-0.25, -0.2) is 4.57 Å². The molecular weight excluding hydrogens is 475 g/mol. The third kappa shape index (κ3) is 3.63. The third-order valence-electron chi connectivity index (χ3n) is 6.94. The molecule has 1 aliphatic rings. The minimum absolute atomic E-state index is 0.588. The second kappa shape index (κ2) is 8.37. The Morgan fingerprint density at radius 3 is 1.32 bits per heavy atom. The lowest BCUT2D eigenvalue weighted by atomic mass is 9.86. The van der Waals surface area contributed by atoms with E-state index in [2.05, 4.69) is 60.7 Å². The largest absolute Gasteiger partial charge is 0.427 e. The first-order valence-corrected chi connectivity index (χ1v) is 14.3. The summed E-state index contributed by atoms with van der Waals surface area (Å²) in [6, 6.07) is 41.1. The van der Waals surface area contributed by atoms with Gasteiger partial charge in [0, 0.05) is 22.3 Å². The Hall–Kier alpha value is -4.33. The highest BCUT2D eigenvalue weighted by Crippen LogP contribution is 2.61. The minimum atomic E-state index is -3.55. The van der Waals surface area contributed by atoms with Crippen LogP contribution in [0.3, 0.4) is 0 Å².